The first-order valence-corrected chi connectivity index (χ1v) is 8.94. The third-order valence-electron chi connectivity index (χ3n) is 5.22. The molecule has 27 heavy (non-hydrogen) atoms. The van der Waals surface area contributed by atoms with E-state index in [9.17, 15) is 4.79 Å². The number of nitrogen functional groups attached to an aromatic ring is 1. The molecule has 1 aromatic carbocycles. The molecule has 2 N–H and O–H groups in total. The number of aromatic nitrogens is 4. The van der Waals surface area contributed by atoms with Crippen molar-refractivity contribution in [3.63, 3.8) is 0 Å². The number of nitrogens with two attached hydrogens (primary N) is 1. The van der Waals surface area contributed by atoms with Gasteiger partial charge in [0.2, 0.25) is 0 Å². The molecule has 1 unspecified atom stereocenters. The van der Waals surface area contributed by atoms with Gasteiger partial charge in [-0.15, -0.1) is 5.10 Å². The molecule has 1 amide bonds. The lowest BCUT2D eigenvalue weighted by Gasteiger charge is -2.17. The first kappa shape index (κ1) is 15.7. The first-order chi connectivity index (χ1) is 13.2. The molecule has 4 aromatic rings. The fourth-order valence-corrected chi connectivity index (χ4v) is 3.91. The summed E-state index contributed by atoms with van der Waals surface area (Å²) in [6, 6.07) is 13.6. The number of hydrogen-bond donors (Lipinski definition) is 1. The summed E-state index contributed by atoms with van der Waals surface area (Å²) >= 11 is 0. The number of para-hydroxylation sites is 1. The van der Waals surface area contributed by atoms with E-state index >= 15 is 0 Å². The monoisotopic (exact) mass is 358 g/mol. The van der Waals surface area contributed by atoms with Crippen LogP contribution in [0.2, 0.25) is 0 Å². The number of carbonyl (C=O) groups is 1. The minimum atomic E-state index is -0.0745. The van der Waals surface area contributed by atoms with Crippen LogP contribution in [0.1, 0.15) is 28.4 Å². The normalized spacial score (nSPS) is 17.0. The van der Waals surface area contributed by atoms with Crippen LogP contribution in [0.5, 0.6) is 0 Å². The van der Waals surface area contributed by atoms with E-state index in [1.165, 1.54) is 0 Å². The number of nitrogens with zero attached hydrogens (tertiary/aromatic N) is 5. The van der Waals surface area contributed by atoms with Crippen molar-refractivity contribution >= 4 is 28.1 Å². The third-order valence-corrected chi connectivity index (χ3v) is 5.22. The Morgan fingerprint density at radius 3 is 2.89 bits per heavy atom. The molecule has 1 saturated heterocycles. The van der Waals surface area contributed by atoms with Crippen LogP contribution in [0.25, 0.3) is 16.4 Å². The Bertz CT molecular complexity index is 1160. The lowest BCUT2D eigenvalue weighted by atomic mass is 10.0. The molecule has 0 bridgehead atoms. The van der Waals surface area contributed by atoms with Crippen molar-refractivity contribution < 1.29 is 4.79 Å². The number of anilines is 1. The summed E-state index contributed by atoms with van der Waals surface area (Å²) in [5.41, 5.74) is 9.18. The maximum atomic E-state index is 13.1. The highest BCUT2D eigenvalue weighted by atomic mass is 16.2. The van der Waals surface area contributed by atoms with Crippen LogP contribution in [0, 0.1) is 0 Å². The van der Waals surface area contributed by atoms with E-state index in [1.807, 2.05) is 47.4 Å². The maximum Gasteiger partial charge on any atom is 0.259 e. The van der Waals surface area contributed by atoms with Crippen LogP contribution in [0.15, 0.2) is 55.0 Å². The van der Waals surface area contributed by atoms with Crippen LogP contribution in [0.3, 0.4) is 0 Å². The highest BCUT2D eigenvalue weighted by molar-refractivity contribution is 6.05. The number of hydrogen-bond acceptors (Lipinski definition) is 5. The van der Waals surface area contributed by atoms with Crippen molar-refractivity contribution in [1.82, 2.24) is 24.5 Å². The predicted molar refractivity (Wildman–Crippen MR) is 102 cm³/mol. The highest BCUT2D eigenvalue weighted by Gasteiger charge is 2.32. The zero-order chi connectivity index (χ0) is 18.4. The summed E-state index contributed by atoms with van der Waals surface area (Å²) in [6.45, 7) is 1.29. The van der Waals surface area contributed by atoms with Gasteiger partial charge in [0.1, 0.15) is 11.9 Å². The molecule has 0 saturated carbocycles. The number of benzene rings is 1. The summed E-state index contributed by atoms with van der Waals surface area (Å²) in [5, 5.41) is 5.30. The molecule has 0 radical (unpaired) electrons. The molecule has 1 aliphatic heterocycles. The second-order valence-electron chi connectivity index (χ2n) is 6.80. The number of rotatable bonds is 2. The van der Waals surface area contributed by atoms with E-state index in [2.05, 4.69) is 15.1 Å². The quantitative estimate of drug-likeness (QED) is 0.595. The molecular weight excluding hydrogens is 340 g/mol. The Balaban J connectivity index is 1.47. The Morgan fingerprint density at radius 1 is 1.11 bits per heavy atom. The van der Waals surface area contributed by atoms with Gasteiger partial charge in [0, 0.05) is 30.6 Å². The standard InChI is InChI=1S/C20H18N6O/c21-19-17(16-7-3-4-9-26(16)24-19)20(27)25-10-8-13(11-25)18-14-5-1-2-6-15(14)22-12-23-18/h1-7,9,12-13H,8,10-11H2,(H2,21,24). The number of pyridine rings is 1. The summed E-state index contributed by atoms with van der Waals surface area (Å²) in [4.78, 5) is 23.8. The van der Waals surface area contributed by atoms with E-state index in [1.54, 1.807) is 17.0 Å². The van der Waals surface area contributed by atoms with Gasteiger partial charge in [-0.3, -0.25) is 4.79 Å². The highest BCUT2D eigenvalue weighted by Crippen LogP contribution is 2.32. The summed E-state index contributed by atoms with van der Waals surface area (Å²) < 4.78 is 1.65. The molecule has 1 atom stereocenters. The molecule has 134 valence electrons. The zero-order valence-electron chi connectivity index (χ0n) is 14.6. The van der Waals surface area contributed by atoms with E-state index in [0.29, 0.717) is 18.7 Å². The molecule has 1 fully saturated rings. The van der Waals surface area contributed by atoms with E-state index in [0.717, 1.165) is 28.5 Å². The first-order valence-electron chi connectivity index (χ1n) is 8.94. The SMILES string of the molecule is Nc1nn2ccccc2c1C(=O)N1CCC(c2ncnc3ccccc23)C1. The van der Waals surface area contributed by atoms with Crippen LogP contribution in [-0.2, 0) is 0 Å². The number of likely N-dealkylation sites (tertiary alicyclic amines) is 1. The van der Waals surface area contributed by atoms with Crippen molar-refractivity contribution in [2.24, 2.45) is 0 Å². The van der Waals surface area contributed by atoms with Crippen molar-refractivity contribution in [3.8, 4) is 0 Å². The number of carbonyl (C=O) groups excluding carboxylic acids is 1. The van der Waals surface area contributed by atoms with Gasteiger partial charge in [0.25, 0.3) is 5.91 Å². The van der Waals surface area contributed by atoms with Gasteiger partial charge in [-0.25, -0.2) is 14.5 Å². The van der Waals surface area contributed by atoms with Gasteiger partial charge in [-0.1, -0.05) is 24.3 Å². The molecule has 5 rings (SSSR count). The smallest absolute Gasteiger partial charge is 0.259 e. The summed E-state index contributed by atoms with van der Waals surface area (Å²) in [5.74, 6) is 0.376. The van der Waals surface area contributed by atoms with Gasteiger partial charge in [-0.2, -0.15) is 0 Å². The van der Waals surface area contributed by atoms with Gasteiger partial charge >= 0.3 is 0 Å². The largest absolute Gasteiger partial charge is 0.382 e. The second-order valence-corrected chi connectivity index (χ2v) is 6.80. The van der Waals surface area contributed by atoms with Gasteiger partial charge in [0.15, 0.2) is 5.82 Å². The Hall–Kier alpha value is -3.48. The van der Waals surface area contributed by atoms with Gasteiger partial charge < -0.3 is 10.6 Å². The summed E-state index contributed by atoms with van der Waals surface area (Å²) in [7, 11) is 0. The minimum Gasteiger partial charge on any atom is -0.382 e. The average molecular weight is 358 g/mol. The maximum absolute atomic E-state index is 13.1. The lowest BCUT2D eigenvalue weighted by Crippen LogP contribution is -2.29. The average Bonchev–Trinajstić information content (AvgIpc) is 3.31. The van der Waals surface area contributed by atoms with Crippen LogP contribution >= 0.6 is 0 Å². The predicted octanol–water partition coefficient (Wildman–Crippen LogP) is 2.49. The zero-order valence-corrected chi connectivity index (χ0v) is 14.6. The van der Waals surface area contributed by atoms with E-state index in [4.69, 9.17) is 5.73 Å². The van der Waals surface area contributed by atoms with Crippen molar-refractivity contribution in [1.29, 1.82) is 0 Å². The third kappa shape index (κ3) is 2.51. The fourth-order valence-electron chi connectivity index (χ4n) is 3.91. The van der Waals surface area contributed by atoms with Crippen LogP contribution in [0.4, 0.5) is 5.82 Å². The van der Waals surface area contributed by atoms with Gasteiger partial charge in [0.05, 0.1) is 16.7 Å². The van der Waals surface area contributed by atoms with Crippen LogP contribution < -0.4 is 5.73 Å². The molecule has 7 nitrogen and oxygen atoms in total. The number of amides is 1. The van der Waals surface area contributed by atoms with Crippen molar-refractivity contribution in [2.45, 2.75) is 12.3 Å². The molecule has 0 spiro atoms. The molecule has 1 aliphatic rings. The minimum absolute atomic E-state index is 0.0745. The molecule has 4 heterocycles. The Morgan fingerprint density at radius 2 is 1.96 bits per heavy atom. The van der Waals surface area contributed by atoms with E-state index in [-0.39, 0.29) is 17.6 Å². The van der Waals surface area contributed by atoms with Crippen LogP contribution in [-0.4, -0.2) is 43.5 Å². The fraction of sp³-hybridized carbons (Fsp3) is 0.200. The van der Waals surface area contributed by atoms with Crippen molar-refractivity contribution in [2.75, 3.05) is 18.8 Å². The second kappa shape index (κ2) is 6.05. The topological polar surface area (TPSA) is 89.4 Å². The van der Waals surface area contributed by atoms with E-state index < -0.39 is 0 Å². The molecule has 7 heteroatoms. The Labute approximate surface area is 155 Å². The molecular formula is C20H18N6O. The Kier molecular flexibility index (Phi) is 3.53. The van der Waals surface area contributed by atoms with Gasteiger partial charge in [-0.05, 0) is 24.6 Å². The lowest BCUT2D eigenvalue weighted by molar-refractivity contribution is 0.0793. The molecule has 0 aliphatic carbocycles. The molecule has 3 aromatic heterocycles. The number of fused-ring (bicyclic) bond motifs is 2. The van der Waals surface area contributed by atoms with Crippen molar-refractivity contribution in [3.05, 3.63) is 66.2 Å². The summed E-state index contributed by atoms with van der Waals surface area (Å²) in [6.07, 6.45) is 4.26.